The van der Waals surface area contributed by atoms with Crippen LogP contribution in [0.1, 0.15) is 48.9 Å². The number of rotatable bonds is 5. The van der Waals surface area contributed by atoms with E-state index in [-0.39, 0.29) is 11.9 Å². The monoisotopic (exact) mass is 425 g/mol. The Morgan fingerprint density at radius 2 is 1.77 bits per heavy atom. The van der Waals surface area contributed by atoms with Crippen LogP contribution in [0.25, 0.3) is 0 Å². The van der Waals surface area contributed by atoms with E-state index >= 15 is 0 Å². The normalized spacial score (nSPS) is 17.5. The summed E-state index contributed by atoms with van der Waals surface area (Å²) in [6, 6.07) is 8.74. The van der Waals surface area contributed by atoms with Gasteiger partial charge in [0, 0.05) is 37.8 Å². The molecule has 0 atom stereocenters. The second kappa shape index (κ2) is 9.85. The van der Waals surface area contributed by atoms with Crippen molar-refractivity contribution in [2.75, 3.05) is 38.5 Å². The highest BCUT2D eigenvalue weighted by Crippen LogP contribution is 2.26. The van der Waals surface area contributed by atoms with E-state index in [1.165, 1.54) is 43.0 Å². The molecule has 0 unspecified atom stereocenters. The van der Waals surface area contributed by atoms with E-state index in [0.29, 0.717) is 44.2 Å². The Kier molecular flexibility index (Phi) is 6.74. The second-order valence-electron chi connectivity index (χ2n) is 8.40. The molecular weight excluding hydrogens is 394 g/mol. The van der Waals surface area contributed by atoms with Gasteiger partial charge in [0.25, 0.3) is 5.91 Å². The summed E-state index contributed by atoms with van der Waals surface area (Å²) in [4.78, 5) is 28.9. The number of nitrogen functional groups attached to an aromatic ring is 1. The van der Waals surface area contributed by atoms with Gasteiger partial charge in [-0.2, -0.15) is 9.78 Å². The molecule has 166 valence electrons. The summed E-state index contributed by atoms with van der Waals surface area (Å²) in [7, 11) is 0. The van der Waals surface area contributed by atoms with Gasteiger partial charge >= 0.3 is 6.03 Å². The summed E-state index contributed by atoms with van der Waals surface area (Å²) in [5.41, 5.74) is 6.38. The summed E-state index contributed by atoms with van der Waals surface area (Å²) >= 11 is 0. The molecule has 1 aromatic heterocycles. The summed E-state index contributed by atoms with van der Waals surface area (Å²) < 4.78 is 7.13. The van der Waals surface area contributed by atoms with Crippen molar-refractivity contribution in [2.45, 2.75) is 38.5 Å². The van der Waals surface area contributed by atoms with Gasteiger partial charge in [-0.3, -0.25) is 4.79 Å². The maximum Gasteiger partial charge on any atom is 0.346 e. The maximum absolute atomic E-state index is 13.0. The molecule has 2 N–H and O–H groups in total. The molecule has 2 aromatic rings. The molecule has 4 rings (SSSR count). The van der Waals surface area contributed by atoms with Crippen LogP contribution in [0.3, 0.4) is 0 Å². The number of nitrogens with zero attached hydrogens (tertiary/aromatic N) is 4. The van der Waals surface area contributed by atoms with Gasteiger partial charge in [0.15, 0.2) is 0 Å². The Morgan fingerprint density at radius 1 is 1.03 bits per heavy atom. The van der Waals surface area contributed by atoms with Gasteiger partial charge < -0.3 is 20.3 Å². The van der Waals surface area contributed by atoms with E-state index in [9.17, 15) is 9.59 Å². The highest BCUT2D eigenvalue weighted by Gasteiger charge is 2.26. The molecule has 8 heteroatoms. The molecule has 2 amide bonds. The molecule has 2 fully saturated rings. The molecule has 1 saturated carbocycles. The van der Waals surface area contributed by atoms with Gasteiger partial charge in [0.1, 0.15) is 11.6 Å². The summed E-state index contributed by atoms with van der Waals surface area (Å²) in [5.74, 6) is 1.78. The fourth-order valence-corrected chi connectivity index (χ4v) is 4.43. The quantitative estimate of drug-likeness (QED) is 0.794. The number of carbonyl (C=O) groups is 2. The first kappa shape index (κ1) is 21.2. The van der Waals surface area contributed by atoms with Crippen molar-refractivity contribution < 1.29 is 14.3 Å². The zero-order valence-electron chi connectivity index (χ0n) is 17.9. The van der Waals surface area contributed by atoms with Crippen LogP contribution in [-0.4, -0.2) is 64.3 Å². The molecule has 2 aliphatic rings. The Bertz CT molecular complexity index is 898. The predicted molar refractivity (Wildman–Crippen MR) is 118 cm³/mol. The lowest BCUT2D eigenvalue weighted by Gasteiger charge is -2.34. The number of hydrogen-bond acceptors (Lipinski definition) is 5. The molecule has 1 aliphatic carbocycles. The lowest BCUT2D eigenvalue weighted by Crippen LogP contribution is -2.51. The number of ether oxygens (including phenoxy) is 1. The second-order valence-corrected chi connectivity index (χ2v) is 8.40. The van der Waals surface area contributed by atoms with Crippen molar-refractivity contribution in [3.05, 3.63) is 42.1 Å². The number of carbonyl (C=O) groups excluding carboxylic acids is 2. The number of hydrogen-bond donors (Lipinski definition) is 1. The molecule has 1 aliphatic heterocycles. The molecule has 1 aromatic carbocycles. The lowest BCUT2D eigenvalue weighted by molar-refractivity contribution is 0.0664. The van der Waals surface area contributed by atoms with Gasteiger partial charge in [0.2, 0.25) is 0 Å². The summed E-state index contributed by atoms with van der Waals surface area (Å²) in [6.07, 6.45) is 9.23. The molecule has 31 heavy (non-hydrogen) atoms. The third-order valence-electron chi connectivity index (χ3n) is 6.29. The van der Waals surface area contributed by atoms with E-state index < -0.39 is 0 Å². The van der Waals surface area contributed by atoms with Crippen LogP contribution in [0.15, 0.2) is 36.5 Å². The molecule has 0 spiro atoms. The first-order valence-electron chi connectivity index (χ1n) is 11.2. The number of benzene rings is 1. The van der Waals surface area contributed by atoms with E-state index in [0.717, 1.165) is 18.1 Å². The van der Waals surface area contributed by atoms with Crippen molar-refractivity contribution in [1.82, 2.24) is 19.6 Å². The van der Waals surface area contributed by atoms with Crippen molar-refractivity contribution in [3.63, 3.8) is 0 Å². The fourth-order valence-electron chi connectivity index (χ4n) is 4.43. The zero-order valence-corrected chi connectivity index (χ0v) is 17.9. The van der Waals surface area contributed by atoms with Gasteiger partial charge in [-0.05, 0) is 30.5 Å². The number of anilines is 1. The number of amides is 2. The van der Waals surface area contributed by atoms with Gasteiger partial charge in [0.05, 0.1) is 12.8 Å². The Balaban J connectivity index is 1.28. The smallest absolute Gasteiger partial charge is 0.346 e. The number of aromatic nitrogens is 2. The molecule has 1 saturated heterocycles. The molecule has 0 bridgehead atoms. The van der Waals surface area contributed by atoms with Crippen molar-refractivity contribution in [1.29, 1.82) is 0 Å². The van der Waals surface area contributed by atoms with Gasteiger partial charge in [-0.25, -0.2) is 4.79 Å². The van der Waals surface area contributed by atoms with Crippen LogP contribution in [-0.2, 0) is 0 Å². The van der Waals surface area contributed by atoms with Crippen molar-refractivity contribution >= 4 is 17.8 Å². The molecule has 0 radical (unpaired) electrons. The van der Waals surface area contributed by atoms with Crippen molar-refractivity contribution in [2.24, 2.45) is 5.92 Å². The Morgan fingerprint density at radius 3 is 2.48 bits per heavy atom. The average Bonchev–Trinajstić information content (AvgIpc) is 3.25. The largest absolute Gasteiger partial charge is 0.494 e. The molecule has 2 heterocycles. The van der Waals surface area contributed by atoms with Crippen LogP contribution >= 0.6 is 0 Å². The van der Waals surface area contributed by atoms with E-state index in [1.54, 1.807) is 15.9 Å². The number of nitrogens with two attached hydrogens (primary N) is 1. The topological polar surface area (TPSA) is 93.7 Å². The van der Waals surface area contributed by atoms with Gasteiger partial charge in [-0.15, -0.1) is 0 Å². The van der Waals surface area contributed by atoms with Gasteiger partial charge in [-0.1, -0.05) is 38.2 Å². The van der Waals surface area contributed by atoms with E-state index in [1.807, 2.05) is 24.3 Å². The highest BCUT2D eigenvalue weighted by molar-refractivity contribution is 5.94. The maximum atomic E-state index is 13.0. The van der Waals surface area contributed by atoms with Crippen LogP contribution in [0.5, 0.6) is 5.75 Å². The molecular formula is C23H31N5O3. The van der Waals surface area contributed by atoms with Crippen LogP contribution in [0.4, 0.5) is 10.6 Å². The Hall–Kier alpha value is -3.03. The molecule has 8 nitrogen and oxygen atoms in total. The average molecular weight is 426 g/mol. The van der Waals surface area contributed by atoms with Crippen LogP contribution < -0.4 is 10.5 Å². The van der Waals surface area contributed by atoms with E-state index in [4.69, 9.17) is 10.5 Å². The van der Waals surface area contributed by atoms with Crippen molar-refractivity contribution in [3.8, 4) is 5.75 Å². The standard InChI is InChI=1S/C23H31N5O3/c24-21-9-11-25-28(21)23(30)27-14-12-26(13-15-27)22(29)19-7-4-8-20(17-19)31-16-10-18-5-2-1-3-6-18/h4,7-9,11,17-18H,1-3,5-6,10,12-16,24H2. The highest BCUT2D eigenvalue weighted by atomic mass is 16.5. The Labute approximate surface area is 182 Å². The summed E-state index contributed by atoms with van der Waals surface area (Å²) in [6.45, 7) is 2.53. The minimum Gasteiger partial charge on any atom is -0.494 e. The SMILES string of the molecule is Nc1ccnn1C(=O)N1CCN(C(=O)c2cccc(OCCC3CCCCC3)c2)CC1. The van der Waals surface area contributed by atoms with Crippen LogP contribution in [0.2, 0.25) is 0 Å². The fraction of sp³-hybridized carbons (Fsp3) is 0.522. The minimum absolute atomic E-state index is 0.0385. The third kappa shape index (κ3) is 5.18. The third-order valence-corrected chi connectivity index (χ3v) is 6.29. The number of piperazine rings is 1. The summed E-state index contributed by atoms with van der Waals surface area (Å²) in [5, 5.41) is 3.96. The first-order valence-corrected chi connectivity index (χ1v) is 11.2. The lowest BCUT2D eigenvalue weighted by atomic mass is 9.87. The predicted octanol–water partition coefficient (Wildman–Crippen LogP) is 3.24. The zero-order chi connectivity index (χ0) is 21.6. The first-order chi connectivity index (χ1) is 15.1. The van der Waals surface area contributed by atoms with E-state index in [2.05, 4.69) is 5.10 Å². The van der Waals surface area contributed by atoms with Crippen LogP contribution in [0, 0.1) is 5.92 Å². The minimum atomic E-state index is -0.261.